The van der Waals surface area contributed by atoms with E-state index in [1.807, 2.05) is 36.4 Å². The molecule has 0 aliphatic rings. The maximum Gasteiger partial charge on any atom is 0.259 e. The summed E-state index contributed by atoms with van der Waals surface area (Å²) in [7, 11) is 0. The Morgan fingerprint density at radius 2 is 1.81 bits per heavy atom. The van der Waals surface area contributed by atoms with E-state index < -0.39 is 0 Å². The van der Waals surface area contributed by atoms with Gasteiger partial charge in [-0.25, -0.2) is 4.98 Å². The van der Waals surface area contributed by atoms with Gasteiger partial charge in [0.25, 0.3) is 5.91 Å². The Kier molecular flexibility index (Phi) is 4.44. The van der Waals surface area contributed by atoms with Crippen molar-refractivity contribution < 1.29 is 4.79 Å². The maximum absolute atomic E-state index is 12.5. The highest BCUT2D eigenvalue weighted by Gasteiger charge is 2.13. The van der Waals surface area contributed by atoms with Crippen LogP contribution >= 0.6 is 11.6 Å². The van der Waals surface area contributed by atoms with Crippen LogP contribution in [0.3, 0.4) is 0 Å². The topological polar surface area (TPSA) is 80.9 Å². The number of nitrogens with one attached hydrogen (secondary N) is 1. The van der Waals surface area contributed by atoms with E-state index in [0.29, 0.717) is 16.3 Å². The highest BCUT2D eigenvalue weighted by molar-refractivity contribution is 6.33. The minimum Gasteiger partial charge on any atom is -0.383 e. The summed E-state index contributed by atoms with van der Waals surface area (Å²) in [6, 6.07) is 18.5. The Balaban J connectivity index is 1.74. The van der Waals surface area contributed by atoms with Crippen molar-refractivity contribution in [2.24, 2.45) is 0 Å². The number of nitrogens with zero attached hydrogens (tertiary/aromatic N) is 2. The number of carbonyl (C=O) groups is 1. The summed E-state index contributed by atoms with van der Waals surface area (Å²) in [6.07, 6.45) is 3.29. The zero-order valence-corrected chi connectivity index (χ0v) is 14.9. The first-order valence-corrected chi connectivity index (χ1v) is 8.67. The van der Waals surface area contributed by atoms with E-state index >= 15 is 0 Å². The second-order valence-corrected chi connectivity index (χ2v) is 6.37. The molecule has 0 aliphatic carbocycles. The molecule has 5 nitrogen and oxygen atoms in total. The summed E-state index contributed by atoms with van der Waals surface area (Å²) in [5.74, 6) is -0.153. The van der Waals surface area contributed by atoms with Gasteiger partial charge in [-0.2, -0.15) is 0 Å². The normalized spacial score (nSPS) is 10.7. The SMILES string of the molecule is Nc1ncccc1C(=O)Nc1ccc(Cl)c(-c2nccc3ccccc23)c1. The summed E-state index contributed by atoms with van der Waals surface area (Å²) in [5, 5.41) is 5.45. The molecule has 0 radical (unpaired) electrons. The van der Waals surface area contributed by atoms with Gasteiger partial charge >= 0.3 is 0 Å². The van der Waals surface area contributed by atoms with Gasteiger partial charge < -0.3 is 11.1 Å². The number of rotatable bonds is 3. The minimum absolute atomic E-state index is 0.180. The van der Waals surface area contributed by atoms with Crippen molar-refractivity contribution in [2.75, 3.05) is 11.1 Å². The van der Waals surface area contributed by atoms with Crippen molar-refractivity contribution in [1.29, 1.82) is 0 Å². The molecule has 0 spiro atoms. The average Bonchev–Trinajstić information content (AvgIpc) is 2.69. The molecule has 0 saturated heterocycles. The molecular weight excluding hydrogens is 360 g/mol. The molecular formula is C21H15ClN4O. The predicted octanol–water partition coefficient (Wildman–Crippen LogP) is 4.78. The molecule has 0 saturated carbocycles. The number of carbonyl (C=O) groups excluding carboxylic acids is 1. The van der Waals surface area contributed by atoms with Gasteiger partial charge in [-0.15, -0.1) is 0 Å². The number of nitrogens with two attached hydrogens (primary N) is 1. The third-order valence-electron chi connectivity index (χ3n) is 4.24. The number of aromatic nitrogens is 2. The first-order valence-electron chi connectivity index (χ1n) is 8.29. The third-order valence-corrected chi connectivity index (χ3v) is 4.57. The van der Waals surface area contributed by atoms with Gasteiger partial charge in [-0.05, 0) is 41.8 Å². The van der Waals surface area contributed by atoms with Crippen LogP contribution in [0.4, 0.5) is 11.5 Å². The zero-order valence-electron chi connectivity index (χ0n) is 14.2. The minimum atomic E-state index is -0.334. The fourth-order valence-electron chi connectivity index (χ4n) is 2.93. The van der Waals surface area contributed by atoms with Crippen molar-refractivity contribution in [1.82, 2.24) is 9.97 Å². The van der Waals surface area contributed by atoms with Crippen LogP contribution in [-0.4, -0.2) is 15.9 Å². The quantitative estimate of drug-likeness (QED) is 0.540. The van der Waals surface area contributed by atoms with E-state index in [0.717, 1.165) is 22.0 Å². The number of hydrogen-bond donors (Lipinski definition) is 2. The fourth-order valence-corrected chi connectivity index (χ4v) is 3.13. The molecule has 0 fully saturated rings. The van der Waals surface area contributed by atoms with Crippen molar-refractivity contribution in [3.05, 3.63) is 83.6 Å². The van der Waals surface area contributed by atoms with E-state index in [9.17, 15) is 4.79 Å². The molecule has 132 valence electrons. The predicted molar refractivity (Wildman–Crippen MR) is 109 cm³/mol. The van der Waals surface area contributed by atoms with Crippen LogP contribution in [-0.2, 0) is 0 Å². The lowest BCUT2D eigenvalue weighted by molar-refractivity contribution is 0.102. The van der Waals surface area contributed by atoms with Gasteiger partial charge in [0, 0.05) is 29.0 Å². The summed E-state index contributed by atoms with van der Waals surface area (Å²) < 4.78 is 0. The molecule has 0 unspecified atom stereocenters. The van der Waals surface area contributed by atoms with Crippen LogP contribution in [0.2, 0.25) is 5.02 Å². The van der Waals surface area contributed by atoms with Crippen LogP contribution < -0.4 is 11.1 Å². The van der Waals surface area contributed by atoms with E-state index in [-0.39, 0.29) is 11.7 Å². The van der Waals surface area contributed by atoms with Gasteiger partial charge in [-0.1, -0.05) is 35.9 Å². The average molecular weight is 375 g/mol. The highest BCUT2D eigenvalue weighted by atomic mass is 35.5. The first-order chi connectivity index (χ1) is 13.1. The number of anilines is 2. The highest BCUT2D eigenvalue weighted by Crippen LogP contribution is 2.33. The van der Waals surface area contributed by atoms with E-state index in [2.05, 4.69) is 15.3 Å². The fraction of sp³-hybridized carbons (Fsp3) is 0. The lowest BCUT2D eigenvalue weighted by atomic mass is 10.0. The molecule has 6 heteroatoms. The summed E-state index contributed by atoms with van der Waals surface area (Å²) >= 11 is 6.43. The largest absolute Gasteiger partial charge is 0.383 e. The molecule has 2 heterocycles. The monoisotopic (exact) mass is 374 g/mol. The van der Waals surface area contributed by atoms with Crippen molar-refractivity contribution >= 4 is 39.8 Å². The second kappa shape index (κ2) is 7.05. The number of pyridine rings is 2. The summed E-state index contributed by atoms with van der Waals surface area (Å²) in [5.41, 5.74) is 8.19. The van der Waals surface area contributed by atoms with Gasteiger partial charge in [0.05, 0.1) is 16.3 Å². The Morgan fingerprint density at radius 3 is 2.67 bits per heavy atom. The zero-order chi connectivity index (χ0) is 18.8. The van der Waals surface area contributed by atoms with Gasteiger partial charge in [-0.3, -0.25) is 9.78 Å². The van der Waals surface area contributed by atoms with Crippen LogP contribution in [0.25, 0.3) is 22.0 Å². The van der Waals surface area contributed by atoms with Crippen LogP contribution in [0.1, 0.15) is 10.4 Å². The van der Waals surface area contributed by atoms with E-state index in [1.54, 1.807) is 36.7 Å². The van der Waals surface area contributed by atoms with Crippen LogP contribution in [0.15, 0.2) is 73.1 Å². The summed E-state index contributed by atoms with van der Waals surface area (Å²) in [6.45, 7) is 0. The Labute approximate surface area is 160 Å². The number of nitrogen functional groups attached to an aromatic ring is 1. The summed E-state index contributed by atoms with van der Waals surface area (Å²) in [4.78, 5) is 20.9. The molecule has 27 heavy (non-hydrogen) atoms. The van der Waals surface area contributed by atoms with Gasteiger partial charge in [0.15, 0.2) is 0 Å². The molecule has 0 bridgehead atoms. The van der Waals surface area contributed by atoms with Gasteiger partial charge in [0.2, 0.25) is 0 Å². The molecule has 0 aliphatic heterocycles. The molecule has 4 aromatic rings. The Morgan fingerprint density at radius 1 is 0.963 bits per heavy atom. The molecule has 3 N–H and O–H groups in total. The molecule has 4 rings (SSSR count). The van der Waals surface area contributed by atoms with E-state index in [4.69, 9.17) is 17.3 Å². The van der Waals surface area contributed by atoms with Crippen LogP contribution in [0.5, 0.6) is 0 Å². The van der Waals surface area contributed by atoms with Crippen molar-refractivity contribution in [3.63, 3.8) is 0 Å². The third kappa shape index (κ3) is 3.32. The lowest BCUT2D eigenvalue weighted by Gasteiger charge is -2.11. The van der Waals surface area contributed by atoms with Crippen molar-refractivity contribution in [2.45, 2.75) is 0 Å². The molecule has 0 atom stereocenters. The number of hydrogen-bond acceptors (Lipinski definition) is 4. The molecule has 2 aromatic heterocycles. The number of fused-ring (bicyclic) bond motifs is 1. The molecule has 1 amide bonds. The number of amides is 1. The van der Waals surface area contributed by atoms with E-state index in [1.165, 1.54) is 0 Å². The van der Waals surface area contributed by atoms with Crippen molar-refractivity contribution in [3.8, 4) is 11.3 Å². The number of benzene rings is 2. The first kappa shape index (κ1) is 17.0. The van der Waals surface area contributed by atoms with Gasteiger partial charge in [0.1, 0.15) is 5.82 Å². The number of halogens is 1. The Bertz CT molecular complexity index is 1150. The second-order valence-electron chi connectivity index (χ2n) is 5.97. The maximum atomic E-state index is 12.5. The molecule has 2 aromatic carbocycles. The smallest absolute Gasteiger partial charge is 0.259 e. The standard InChI is InChI=1S/C21H15ClN4O/c22-18-8-7-14(26-21(27)16-6-3-10-25-20(16)23)12-17(18)19-15-5-2-1-4-13(15)9-11-24-19/h1-12H,(H2,23,25)(H,26,27). The Hall–Kier alpha value is -3.44. The van der Waals surface area contributed by atoms with Crippen LogP contribution in [0, 0.1) is 0 Å². The lowest BCUT2D eigenvalue weighted by Crippen LogP contribution is -2.14.